The third kappa shape index (κ3) is 2.99. The molecular formula is C9H14N2O2. The average molecular weight is 182 g/mol. The maximum atomic E-state index is 11.3. The Morgan fingerprint density at radius 3 is 3.00 bits per heavy atom. The van der Waals surface area contributed by atoms with Crippen LogP contribution in [0.5, 0.6) is 0 Å². The van der Waals surface area contributed by atoms with Crippen LogP contribution in [0, 0.1) is 6.92 Å². The van der Waals surface area contributed by atoms with Crippen LogP contribution in [0.25, 0.3) is 0 Å². The lowest BCUT2D eigenvalue weighted by Crippen LogP contribution is -2.16. The van der Waals surface area contributed by atoms with E-state index in [2.05, 4.69) is 9.97 Å². The van der Waals surface area contributed by atoms with Crippen molar-refractivity contribution in [2.45, 2.75) is 20.3 Å². The van der Waals surface area contributed by atoms with Gasteiger partial charge in [-0.25, -0.2) is 4.98 Å². The van der Waals surface area contributed by atoms with Crippen LogP contribution in [0.3, 0.4) is 0 Å². The lowest BCUT2D eigenvalue weighted by Gasteiger charge is -2.00. The molecule has 0 saturated carbocycles. The summed E-state index contributed by atoms with van der Waals surface area (Å²) in [7, 11) is 0. The molecule has 0 atom stereocenters. The number of rotatable bonds is 4. The quantitative estimate of drug-likeness (QED) is 0.696. The molecule has 1 aromatic heterocycles. The van der Waals surface area contributed by atoms with Crippen molar-refractivity contribution < 1.29 is 4.74 Å². The molecule has 0 fully saturated rings. The number of nitrogens with one attached hydrogen (secondary N) is 1. The number of aryl methyl sites for hydroxylation is 1. The van der Waals surface area contributed by atoms with Gasteiger partial charge in [0.15, 0.2) is 0 Å². The third-order valence-electron chi connectivity index (χ3n) is 1.72. The molecule has 0 aromatic carbocycles. The van der Waals surface area contributed by atoms with E-state index in [4.69, 9.17) is 4.74 Å². The topological polar surface area (TPSA) is 55.0 Å². The molecular weight excluding hydrogens is 168 g/mol. The molecule has 0 aliphatic heterocycles. The fourth-order valence-electron chi connectivity index (χ4n) is 1.01. The number of ether oxygens (including phenoxy) is 1. The van der Waals surface area contributed by atoms with Crippen LogP contribution in [-0.4, -0.2) is 23.2 Å². The van der Waals surface area contributed by atoms with E-state index in [-0.39, 0.29) is 5.56 Å². The highest BCUT2D eigenvalue weighted by molar-refractivity contribution is 5.05. The summed E-state index contributed by atoms with van der Waals surface area (Å²) >= 11 is 0. The van der Waals surface area contributed by atoms with Crippen molar-refractivity contribution in [3.8, 4) is 0 Å². The van der Waals surface area contributed by atoms with Gasteiger partial charge < -0.3 is 9.72 Å². The number of aromatic nitrogens is 2. The summed E-state index contributed by atoms with van der Waals surface area (Å²) in [5.74, 6) is 0.644. The van der Waals surface area contributed by atoms with Crippen molar-refractivity contribution in [2.75, 3.05) is 13.2 Å². The van der Waals surface area contributed by atoms with Crippen LogP contribution >= 0.6 is 0 Å². The first kappa shape index (κ1) is 9.92. The second kappa shape index (κ2) is 4.77. The Kier molecular flexibility index (Phi) is 3.64. The van der Waals surface area contributed by atoms with Gasteiger partial charge in [0.1, 0.15) is 5.82 Å². The molecule has 0 aliphatic rings. The molecule has 13 heavy (non-hydrogen) atoms. The molecule has 4 heteroatoms. The molecule has 1 heterocycles. The molecule has 0 aliphatic carbocycles. The minimum Gasteiger partial charge on any atom is -0.381 e. The van der Waals surface area contributed by atoms with E-state index in [1.807, 2.05) is 6.92 Å². The Labute approximate surface area is 77.0 Å². The van der Waals surface area contributed by atoms with Crippen LogP contribution in [0.2, 0.25) is 0 Å². The van der Waals surface area contributed by atoms with Crippen LogP contribution in [0.15, 0.2) is 11.0 Å². The predicted molar refractivity (Wildman–Crippen MR) is 49.8 cm³/mol. The molecule has 0 radical (unpaired) electrons. The fourth-order valence-corrected chi connectivity index (χ4v) is 1.01. The molecule has 1 N–H and O–H groups in total. The van der Waals surface area contributed by atoms with Crippen molar-refractivity contribution in [3.05, 3.63) is 27.9 Å². The fraction of sp³-hybridized carbons (Fsp3) is 0.556. The van der Waals surface area contributed by atoms with E-state index in [0.29, 0.717) is 31.0 Å². The van der Waals surface area contributed by atoms with Gasteiger partial charge in [0, 0.05) is 24.8 Å². The van der Waals surface area contributed by atoms with E-state index in [1.54, 1.807) is 13.1 Å². The number of hydrogen-bond donors (Lipinski definition) is 1. The zero-order valence-corrected chi connectivity index (χ0v) is 7.96. The normalized spacial score (nSPS) is 10.3. The van der Waals surface area contributed by atoms with Gasteiger partial charge in [-0.15, -0.1) is 0 Å². The van der Waals surface area contributed by atoms with Gasteiger partial charge in [-0.05, 0) is 13.8 Å². The lowest BCUT2D eigenvalue weighted by atomic mass is 10.2. The van der Waals surface area contributed by atoms with Crippen molar-refractivity contribution >= 4 is 0 Å². The van der Waals surface area contributed by atoms with E-state index >= 15 is 0 Å². The van der Waals surface area contributed by atoms with Crippen molar-refractivity contribution in [2.24, 2.45) is 0 Å². The maximum Gasteiger partial charge on any atom is 0.254 e. The third-order valence-corrected chi connectivity index (χ3v) is 1.72. The standard InChI is InChI=1S/C9H14N2O2/c1-3-13-5-4-8-6-10-7(2)11-9(8)12/h6H,3-5H2,1-2H3,(H,10,11,12). The lowest BCUT2D eigenvalue weighted by molar-refractivity contribution is 0.150. The zero-order valence-electron chi connectivity index (χ0n) is 7.96. The van der Waals surface area contributed by atoms with Gasteiger partial charge in [-0.3, -0.25) is 4.79 Å². The zero-order chi connectivity index (χ0) is 9.68. The second-order valence-corrected chi connectivity index (χ2v) is 2.77. The summed E-state index contributed by atoms with van der Waals surface area (Å²) in [6.07, 6.45) is 2.23. The van der Waals surface area contributed by atoms with E-state index in [1.165, 1.54) is 0 Å². The average Bonchev–Trinajstić information content (AvgIpc) is 2.09. The Morgan fingerprint density at radius 1 is 1.62 bits per heavy atom. The number of hydrogen-bond acceptors (Lipinski definition) is 3. The Bertz CT molecular complexity index is 320. The van der Waals surface area contributed by atoms with Crippen molar-refractivity contribution in [1.82, 2.24) is 9.97 Å². The summed E-state index contributed by atoms with van der Waals surface area (Å²) in [5.41, 5.74) is 0.617. The van der Waals surface area contributed by atoms with Gasteiger partial charge in [0.2, 0.25) is 0 Å². The van der Waals surface area contributed by atoms with Crippen LogP contribution in [0.1, 0.15) is 18.3 Å². The first-order chi connectivity index (χ1) is 6.24. The molecule has 4 nitrogen and oxygen atoms in total. The molecule has 0 amide bonds. The largest absolute Gasteiger partial charge is 0.381 e. The monoisotopic (exact) mass is 182 g/mol. The van der Waals surface area contributed by atoms with E-state index in [0.717, 1.165) is 0 Å². The highest BCUT2D eigenvalue weighted by Crippen LogP contribution is 1.91. The predicted octanol–water partition coefficient (Wildman–Crippen LogP) is 0.657. The van der Waals surface area contributed by atoms with E-state index < -0.39 is 0 Å². The minimum absolute atomic E-state index is 0.0628. The molecule has 1 aromatic rings. The molecule has 0 bridgehead atoms. The first-order valence-corrected chi connectivity index (χ1v) is 4.36. The Balaban J connectivity index is 2.62. The van der Waals surface area contributed by atoms with Crippen LogP contribution in [-0.2, 0) is 11.2 Å². The highest BCUT2D eigenvalue weighted by Gasteiger charge is 1.99. The van der Waals surface area contributed by atoms with Crippen LogP contribution in [0.4, 0.5) is 0 Å². The summed E-state index contributed by atoms with van der Waals surface area (Å²) in [5, 5.41) is 0. The first-order valence-electron chi connectivity index (χ1n) is 4.36. The molecule has 72 valence electrons. The summed E-state index contributed by atoms with van der Waals surface area (Å²) in [6.45, 7) is 4.94. The number of H-pyrrole nitrogens is 1. The van der Waals surface area contributed by atoms with Gasteiger partial charge in [0.25, 0.3) is 5.56 Å². The van der Waals surface area contributed by atoms with Gasteiger partial charge >= 0.3 is 0 Å². The smallest absolute Gasteiger partial charge is 0.254 e. The molecule has 0 unspecified atom stereocenters. The van der Waals surface area contributed by atoms with Crippen molar-refractivity contribution in [1.29, 1.82) is 0 Å². The van der Waals surface area contributed by atoms with Gasteiger partial charge in [-0.1, -0.05) is 0 Å². The Hall–Kier alpha value is -1.16. The van der Waals surface area contributed by atoms with Crippen molar-refractivity contribution in [3.63, 3.8) is 0 Å². The number of nitrogens with zero attached hydrogens (tertiary/aromatic N) is 1. The summed E-state index contributed by atoms with van der Waals surface area (Å²) < 4.78 is 5.14. The minimum atomic E-state index is -0.0628. The highest BCUT2D eigenvalue weighted by atomic mass is 16.5. The summed E-state index contributed by atoms with van der Waals surface area (Å²) in [6, 6.07) is 0. The Morgan fingerprint density at radius 2 is 2.38 bits per heavy atom. The summed E-state index contributed by atoms with van der Waals surface area (Å²) in [4.78, 5) is 17.9. The van der Waals surface area contributed by atoms with Gasteiger partial charge in [0.05, 0.1) is 6.61 Å². The molecule has 0 spiro atoms. The number of aromatic amines is 1. The SMILES string of the molecule is CCOCCc1cnc(C)[nH]c1=O. The molecule has 0 saturated heterocycles. The molecule has 1 rings (SSSR count). The maximum absolute atomic E-state index is 11.3. The van der Waals surface area contributed by atoms with Crippen LogP contribution < -0.4 is 5.56 Å². The van der Waals surface area contributed by atoms with Gasteiger partial charge in [-0.2, -0.15) is 0 Å². The second-order valence-electron chi connectivity index (χ2n) is 2.77. The van der Waals surface area contributed by atoms with E-state index in [9.17, 15) is 4.79 Å².